The average molecular weight is 271 g/mol. The van der Waals surface area contributed by atoms with Gasteiger partial charge in [0, 0.05) is 18.5 Å². The third-order valence-electron chi connectivity index (χ3n) is 3.10. The Labute approximate surface area is 119 Å². The van der Waals surface area contributed by atoms with Gasteiger partial charge in [-0.1, -0.05) is 44.2 Å². The molecule has 2 rings (SSSR count). The molecule has 20 heavy (non-hydrogen) atoms. The molecule has 0 atom stereocenters. The highest BCUT2D eigenvalue weighted by Crippen LogP contribution is 2.09. The Morgan fingerprint density at radius 2 is 2.00 bits per heavy atom. The number of benzene rings is 1. The van der Waals surface area contributed by atoms with Gasteiger partial charge in [0.1, 0.15) is 11.6 Å². The molecule has 0 aliphatic rings. The molecule has 0 bridgehead atoms. The van der Waals surface area contributed by atoms with E-state index in [0.29, 0.717) is 5.82 Å². The van der Waals surface area contributed by atoms with Crippen LogP contribution in [0.15, 0.2) is 41.2 Å². The van der Waals surface area contributed by atoms with E-state index in [9.17, 15) is 4.79 Å². The van der Waals surface area contributed by atoms with Crippen LogP contribution in [-0.2, 0) is 6.42 Å². The van der Waals surface area contributed by atoms with E-state index in [2.05, 4.69) is 39.6 Å². The van der Waals surface area contributed by atoms with Gasteiger partial charge in [-0.05, 0) is 18.4 Å². The molecule has 0 saturated carbocycles. The lowest BCUT2D eigenvalue weighted by atomic mass is 10.1. The molecule has 106 valence electrons. The summed E-state index contributed by atoms with van der Waals surface area (Å²) in [5, 5.41) is 3.22. The lowest BCUT2D eigenvalue weighted by Crippen LogP contribution is -2.15. The van der Waals surface area contributed by atoms with Gasteiger partial charge in [0.2, 0.25) is 0 Å². The first-order valence-electron chi connectivity index (χ1n) is 7.04. The number of aryl methyl sites for hydroxylation is 1. The van der Waals surface area contributed by atoms with Crippen LogP contribution in [0, 0.1) is 0 Å². The summed E-state index contributed by atoms with van der Waals surface area (Å²) in [4.78, 5) is 18.7. The lowest BCUT2D eigenvalue weighted by Gasteiger charge is -2.09. The lowest BCUT2D eigenvalue weighted by molar-refractivity contribution is 0.764. The van der Waals surface area contributed by atoms with Gasteiger partial charge in [-0.25, -0.2) is 4.98 Å². The number of aromatic amines is 1. The molecule has 1 heterocycles. The number of hydrogen-bond donors (Lipinski definition) is 2. The third kappa shape index (κ3) is 4.23. The Morgan fingerprint density at radius 1 is 1.25 bits per heavy atom. The number of H-pyrrole nitrogens is 1. The molecule has 2 N–H and O–H groups in total. The molecule has 4 heteroatoms. The van der Waals surface area contributed by atoms with Crippen molar-refractivity contribution in [3.8, 4) is 0 Å². The summed E-state index contributed by atoms with van der Waals surface area (Å²) in [5.41, 5.74) is 1.23. The monoisotopic (exact) mass is 271 g/mol. The fourth-order valence-electron chi connectivity index (χ4n) is 1.99. The van der Waals surface area contributed by atoms with Crippen LogP contribution in [0.4, 0.5) is 5.82 Å². The van der Waals surface area contributed by atoms with Crippen molar-refractivity contribution in [2.75, 3.05) is 11.9 Å². The zero-order chi connectivity index (χ0) is 14.4. The standard InChI is InChI=1S/C16H21N3O/c1-12(2)16-18-14(11-15(20)19-16)17-10-6-9-13-7-4-3-5-8-13/h3-5,7-8,11-12H,6,9-10H2,1-2H3,(H2,17,18,19,20). The minimum Gasteiger partial charge on any atom is -0.370 e. The summed E-state index contributed by atoms with van der Waals surface area (Å²) in [6.07, 6.45) is 2.03. The van der Waals surface area contributed by atoms with Crippen molar-refractivity contribution in [3.05, 3.63) is 58.1 Å². The smallest absolute Gasteiger partial charge is 0.252 e. The van der Waals surface area contributed by atoms with Crippen LogP contribution in [0.1, 0.15) is 37.6 Å². The van der Waals surface area contributed by atoms with Crippen LogP contribution >= 0.6 is 0 Å². The van der Waals surface area contributed by atoms with E-state index in [1.165, 1.54) is 11.6 Å². The molecule has 1 aromatic carbocycles. The largest absolute Gasteiger partial charge is 0.370 e. The molecule has 0 fully saturated rings. The van der Waals surface area contributed by atoms with Gasteiger partial charge in [0.25, 0.3) is 5.56 Å². The minimum absolute atomic E-state index is 0.103. The maximum absolute atomic E-state index is 11.5. The Kier molecular flexibility index (Phi) is 4.93. The molecular formula is C16H21N3O. The van der Waals surface area contributed by atoms with Crippen LogP contribution in [0.25, 0.3) is 0 Å². The van der Waals surface area contributed by atoms with Crippen molar-refractivity contribution in [3.63, 3.8) is 0 Å². The average Bonchev–Trinajstić information content (AvgIpc) is 2.44. The highest BCUT2D eigenvalue weighted by Gasteiger charge is 2.04. The van der Waals surface area contributed by atoms with Gasteiger partial charge in [-0.2, -0.15) is 0 Å². The number of anilines is 1. The van der Waals surface area contributed by atoms with E-state index in [-0.39, 0.29) is 11.5 Å². The van der Waals surface area contributed by atoms with Crippen molar-refractivity contribution in [2.45, 2.75) is 32.6 Å². The molecule has 0 aliphatic carbocycles. The second-order valence-corrected chi connectivity index (χ2v) is 5.19. The summed E-state index contributed by atoms with van der Waals surface area (Å²) in [6, 6.07) is 11.9. The van der Waals surface area contributed by atoms with Crippen LogP contribution in [-0.4, -0.2) is 16.5 Å². The van der Waals surface area contributed by atoms with Gasteiger partial charge in [0.15, 0.2) is 0 Å². The molecule has 0 saturated heterocycles. The predicted octanol–water partition coefficient (Wildman–Crippen LogP) is 2.94. The van der Waals surface area contributed by atoms with E-state index in [4.69, 9.17) is 0 Å². The first kappa shape index (κ1) is 14.3. The van der Waals surface area contributed by atoms with Gasteiger partial charge in [-0.15, -0.1) is 0 Å². The molecular weight excluding hydrogens is 250 g/mol. The Bertz CT molecular complexity index is 590. The summed E-state index contributed by atoms with van der Waals surface area (Å²) in [7, 11) is 0. The fraction of sp³-hybridized carbons (Fsp3) is 0.375. The molecule has 4 nitrogen and oxygen atoms in total. The normalized spacial score (nSPS) is 10.8. The van der Waals surface area contributed by atoms with Gasteiger partial charge >= 0.3 is 0 Å². The van der Waals surface area contributed by atoms with E-state index >= 15 is 0 Å². The second-order valence-electron chi connectivity index (χ2n) is 5.19. The Balaban J connectivity index is 1.86. The Morgan fingerprint density at radius 3 is 2.70 bits per heavy atom. The number of hydrogen-bond acceptors (Lipinski definition) is 3. The van der Waals surface area contributed by atoms with Crippen LogP contribution in [0.3, 0.4) is 0 Å². The van der Waals surface area contributed by atoms with E-state index in [0.717, 1.165) is 25.2 Å². The van der Waals surface area contributed by atoms with Crippen LogP contribution in [0.5, 0.6) is 0 Å². The predicted molar refractivity (Wildman–Crippen MR) is 82.2 cm³/mol. The summed E-state index contributed by atoms with van der Waals surface area (Å²) < 4.78 is 0. The van der Waals surface area contributed by atoms with Crippen LogP contribution < -0.4 is 10.9 Å². The SMILES string of the molecule is CC(C)c1nc(NCCCc2ccccc2)cc(=O)[nH]1. The van der Waals surface area contributed by atoms with E-state index in [1.807, 2.05) is 19.9 Å². The maximum Gasteiger partial charge on any atom is 0.252 e. The van der Waals surface area contributed by atoms with Crippen molar-refractivity contribution in [1.29, 1.82) is 0 Å². The number of nitrogens with zero attached hydrogens (tertiary/aromatic N) is 1. The van der Waals surface area contributed by atoms with Gasteiger partial charge in [0.05, 0.1) is 0 Å². The molecule has 0 spiro atoms. The van der Waals surface area contributed by atoms with Gasteiger partial charge in [-0.3, -0.25) is 4.79 Å². The van der Waals surface area contributed by atoms with Crippen molar-refractivity contribution < 1.29 is 0 Å². The minimum atomic E-state index is -0.103. The summed E-state index contributed by atoms with van der Waals surface area (Å²) in [5.74, 6) is 1.60. The zero-order valence-electron chi connectivity index (χ0n) is 12.0. The number of rotatable bonds is 6. The zero-order valence-corrected chi connectivity index (χ0v) is 12.0. The summed E-state index contributed by atoms with van der Waals surface area (Å²) >= 11 is 0. The molecule has 0 amide bonds. The Hall–Kier alpha value is -2.10. The maximum atomic E-state index is 11.5. The first-order valence-corrected chi connectivity index (χ1v) is 7.04. The topological polar surface area (TPSA) is 57.8 Å². The molecule has 2 aromatic rings. The van der Waals surface area contributed by atoms with Crippen LogP contribution in [0.2, 0.25) is 0 Å². The molecule has 0 unspecified atom stereocenters. The molecule has 1 aromatic heterocycles. The van der Waals surface area contributed by atoms with E-state index < -0.39 is 0 Å². The quantitative estimate of drug-likeness (QED) is 0.794. The van der Waals surface area contributed by atoms with E-state index in [1.54, 1.807) is 0 Å². The van der Waals surface area contributed by atoms with Gasteiger partial charge < -0.3 is 10.3 Å². The van der Waals surface area contributed by atoms with Crippen molar-refractivity contribution in [2.24, 2.45) is 0 Å². The highest BCUT2D eigenvalue weighted by molar-refractivity contribution is 5.33. The second kappa shape index (κ2) is 6.89. The van der Waals surface area contributed by atoms with Crippen molar-refractivity contribution in [1.82, 2.24) is 9.97 Å². The molecule has 0 radical (unpaired) electrons. The molecule has 0 aliphatic heterocycles. The first-order chi connectivity index (χ1) is 9.65. The summed E-state index contributed by atoms with van der Waals surface area (Å²) in [6.45, 7) is 4.83. The highest BCUT2D eigenvalue weighted by atomic mass is 16.1. The van der Waals surface area contributed by atoms with Crippen molar-refractivity contribution >= 4 is 5.82 Å². The fourth-order valence-corrected chi connectivity index (χ4v) is 1.99. The number of aromatic nitrogens is 2. The number of nitrogens with one attached hydrogen (secondary N) is 2. The third-order valence-corrected chi connectivity index (χ3v) is 3.10.